The number of aromatic nitrogens is 3. The van der Waals surface area contributed by atoms with E-state index in [2.05, 4.69) is 20.7 Å². The topological polar surface area (TPSA) is 112 Å². The molecule has 0 radical (unpaired) electrons. The van der Waals surface area contributed by atoms with Crippen molar-refractivity contribution >= 4 is 39.8 Å². The number of carbonyl (C=O) groups excluding carboxylic acids is 2. The fourth-order valence-corrected chi connectivity index (χ4v) is 4.28. The maximum atomic E-state index is 12.7. The predicted octanol–water partition coefficient (Wildman–Crippen LogP) is 3.43. The van der Waals surface area contributed by atoms with Crippen molar-refractivity contribution < 1.29 is 14.7 Å². The number of likely N-dealkylation sites (tertiary alicyclic amines) is 1. The zero-order valence-corrected chi connectivity index (χ0v) is 18.4. The quantitative estimate of drug-likeness (QED) is 0.560. The van der Waals surface area contributed by atoms with Crippen LogP contribution >= 0.6 is 11.3 Å². The molecule has 4 rings (SSSR count). The molecule has 2 aromatic heterocycles. The second-order valence-electron chi connectivity index (χ2n) is 7.55. The summed E-state index contributed by atoms with van der Waals surface area (Å²) in [7, 11) is 1.73. The minimum absolute atomic E-state index is 0.0309. The first-order chi connectivity index (χ1) is 14.8. The lowest BCUT2D eigenvalue weighted by Crippen LogP contribution is -2.29. The van der Waals surface area contributed by atoms with Crippen LogP contribution in [0.4, 0.5) is 16.6 Å². The summed E-state index contributed by atoms with van der Waals surface area (Å²) in [4.78, 5) is 31.8. The number of anilines is 3. The molecule has 1 fully saturated rings. The summed E-state index contributed by atoms with van der Waals surface area (Å²) in [5, 5.41) is 20.7. The molecule has 9 nitrogen and oxygen atoms in total. The Balaban J connectivity index is 1.46. The number of nitrogens with zero attached hydrogens (tertiary/aromatic N) is 4. The molecule has 31 heavy (non-hydrogen) atoms. The first-order valence-electron chi connectivity index (χ1n) is 10.00. The van der Waals surface area contributed by atoms with Crippen molar-refractivity contribution in [2.45, 2.75) is 26.7 Å². The van der Waals surface area contributed by atoms with Crippen LogP contribution in [0.5, 0.6) is 5.75 Å². The Morgan fingerprint density at radius 3 is 2.68 bits per heavy atom. The maximum Gasteiger partial charge on any atom is 0.272 e. The molecular weight excluding hydrogens is 416 g/mol. The lowest BCUT2D eigenvalue weighted by molar-refractivity contribution is 0.0781. The molecular formula is C21H24N6O3S. The summed E-state index contributed by atoms with van der Waals surface area (Å²) in [6.45, 7) is 5.16. The van der Waals surface area contributed by atoms with Gasteiger partial charge in [-0.25, -0.2) is 4.98 Å². The van der Waals surface area contributed by atoms with Crippen LogP contribution in [-0.4, -0.2) is 49.7 Å². The zero-order valence-electron chi connectivity index (χ0n) is 17.6. The Morgan fingerprint density at radius 2 is 1.94 bits per heavy atom. The minimum Gasteiger partial charge on any atom is -0.508 e. The summed E-state index contributed by atoms with van der Waals surface area (Å²) in [5.74, 6) is 0.276. The summed E-state index contributed by atoms with van der Waals surface area (Å²) in [6, 6.07) is 5.05. The largest absolute Gasteiger partial charge is 0.508 e. The van der Waals surface area contributed by atoms with Crippen molar-refractivity contribution in [2.24, 2.45) is 7.05 Å². The maximum absolute atomic E-state index is 12.7. The normalized spacial score (nSPS) is 13.5. The van der Waals surface area contributed by atoms with E-state index in [9.17, 15) is 14.7 Å². The molecule has 162 valence electrons. The number of hydrogen-bond donors (Lipinski definition) is 3. The molecule has 0 saturated carbocycles. The Labute approximate surface area is 183 Å². The van der Waals surface area contributed by atoms with E-state index in [0.29, 0.717) is 32.8 Å². The van der Waals surface area contributed by atoms with E-state index < -0.39 is 0 Å². The standard InChI is InChI=1S/C21H24N6O3S/c1-12-6-7-15(28)13(2)18(12)24-19(29)16-11-22-21(31-16)23-17-10-14(26(3)25-17)20(30)27-8-4-5-9-27/h6-7,10-11,28H,4-5,8-9H2,1-3H3,(H,24,29)(H,22,23,25). The molecule has 1 aliphatic rings. The van der Waals surface area contributed by atoms with Crippen LogP contribution in [0, 0.1) is 13.8 Å². The van der Waals surface area contributed by atoms with Crippen molar-refractivity contribution in [1.29, 1.82) is 0 Å². The van der Waals surface area contributed by atoms with E-state index in [1.807, 2.05) is 11.8 Å². The van der Waals surface area contributed by atoms with Crippen LogP contribution < -0.4 is 10.6 Å². The molecule has 10 heteroatoms. The Kier molecular flexibility index (Phi) is 5.64. The smallest absolute Gasteiger partial charge is 0.272 e. The lowest BCUT2D eigenvalue weighted by Gasteiger charge is -2.14. The van der Waals surface area contributed by atoms with Gasteiger partial charge in [0, 0.05) is 31.8 Å². The zero-order chi connectivity index (χ0) is 22.1. The Hall–Kier alpha value is -3.40. The fourth-order valence-electron chi connectivity index (χ4n) is 3.56. The molecule has 2 amide bonds. The summed E-state index contributed by atoms with van der Waals surface area (Å²) >= 11 is 1.18. The van der Waals surface area contributed by atoms with E-state index in [1.165, 1.54) is 17.5 Å². The van der Waals surface area contributed by atoms with Crippen molar-refractivity contribution in [1.82, 2.24) is 19.7 Å². The number of aryl methyl sites for hydroxylation is 2. The number of thiazole rings is 1. The number of nitrogens with one attached hydrogen (secondary N) is 2. The van der Waals surface area contributed by atoms with Crippen LogP contribution in [0.25, 0.3) is 0 Å². The highest BCUT2D eigenvalue weighted by Crippen LogP contribution is 2.29. The van der Waals surface area contributed by atoms with E-state index in [4.69, 9.17) is 0 Å². The molecule has 0 atom stereocenters. The molecule has 0 spiro atoms. The second-order valence-corrected chi connectivity index (χ2v) is 8.58. The molecule has 3 N–H and O–H groups in total. The highest BCUT2D eigenvalue weighted by Gasteiger charge is 2.23. The summed E-state index contributed by atoms with van der Waals surface area (Å²) in [5.41, 5.74) is 2.56. The summed E-state index contributed by atoms with van der Waals surface area (Å²) in [6.07, 6.45) is 3.54. The molecule has 3 heterocycles. The number of phenolic OH excluding ortho intramolecular Hbond substituents is 1. The van der Waals surface area contributed by atoms with Gasteiger partial charge in [-0.1, -0.05) is 17.4 Å². The number of benzene rings is 1. The van der Waals surface area contributed by atoms with Crippen LogP contribution in [0.1, 0.15) is 44.1 Å². The Morgan fingerprint density at radius 1 is 1.19 bits per heavy atom. The second kappa shape index (κ2) is 8.38. The first kappa shape index (κ1) is 20.9. The highest BCUT2D eigenvalue weighted by molar-refractivity contribution is 7.17. The average Bonchev–Trinajstić information content (AvgIpc) is 3.49. The van der Waals surface area contributed by atoms with Crippen molar-refractivity contribution in [3.63, 3.8) is 0 Å². The first-order valence-corrected chi connectivity index (χ1v) is 10.8. The number of carbonyl (C=O) groups is 2. The molecule has 0 unspecified atom stereocenters. The number of aromatic hydroxyl groups is 1. The van der Waals surface area contributed by atoms with Gasteiger partial charge in [-0.05, 0) is 38.3 Å². The SMILES string of the molecule is Cc1ccc(O)c(C)c1NC(=O)c1cnc(Nc2cc(C(=O)N3CCCC3)n(C)n2)s1. The molecule has 1 aromatic carbocycles. The molecule has 1 aliphatic heterocycles. The van der Waals surface area contributed by atoms with Gasteiger partial charge in [-0.2, -0.15) is 5.10 Å². The van der Waals surface area contributed by atoms with Crippen molar-refractivity contribution in [2.75, 3.05) is 23.7 Å². The molecule has 0 bridgehead atoms. The van der Waals surface area contributed by atoms with Gasteiger partial charge in [0.15, 0.2) is 10.9 Å². The van der Waals surface area contributed by atoms with Crippen LogP contribution in [-0.2, 0) is 7.05 Å². The number of phenols is 1. The minimum atomic E-state index is -0.312. The lowest BCUT2D eigenvalue weighted by atomic mass is 10.1. The van der Waals surface area contributed by atoms with Crippen molar-refractivity contribution in [3.8, 4) is 5.75 Å². The Bertz CT molecular complexity index is 1150. The van der Waals surface area contributed by atoms with Gasteiger partial charge < -0.3 is 20.6 Å². The number of hydrogen-bond acceptors (Lipinski definition) is 7. The van der Waals surface area contributed by atoms with E-state index >= 15 is 0 Å². The molecule has 3 aromatic rings. The van der Waals surface area contributed by atoms with E-state index in [1.54, 1.807) is 36.9 Å². The number of amides is 2. The van der Waals surface area contributed by atoms with Gasteiger partial charge in [-0.3, -0.25) is 14.3 Å². The van der Waals surface area contributed by atoms with Gasteiger partial charge >= 0.3 is 0 Å². The fraction of sp³-hybridized carbons (Fsp3) is 0.333. The van der Waals surface area contributed by atoms with Crippen LogP contribution in [0.3, 0.4) is 0 Å². The van der Waals surface area contributed by atoms with E-state index in [0.717, 1.165) is 31.5 Å². The van der Waals surface area contributed by atoms with Crippen LogP contribution in [0.15, 0.2) is 24.4 Å². The highest BCUT2D eigenvalue weighted by atomic mass is 32.1. The van der Waals surface area contributed by atoms with Gasteiger partial charge in [-0.15, -0.1) is 0 Å². The average molecular weight is 441 g/mol. The van der Waals surface area contributed by atoms with Crippen molar-refractivity contribution in [3.05, 3.63) is 46.1 Å². The molecule has 0 aliphatic carbocycles. The summed E-state index contributed by atoms with van der Waals surface area (Å²) < 4.78 is 1.55. The number of rotatable bonds is 5. The monoisotopic (exact) mass is 440 g/mol. The molecule has 1 saturated heterocycles. The predicted molar refractivity (Wildman–Crippen MR) is 119 cm³/mol. The van der Waals surface area contributed by atoms with E-state index in [-0.39, 0.29) is 17.6 Å². The van der Waals surface area contributed by atoms with Gasteiger partial charge in [0.1, 0.15) is 16.3 Å². The third kappa shape index (κ3) is 4.24. The third-order valence-corrected chi connectivity index (χ3v) is 6.25. The van der Waals surface area contributed by atoms with Gasteiger partial charge in [0.25, 0.3) is 11.8 Å². The third-order valence-electron chi connectivity index (χ3n) is 5.34. The van der Waals surface area contributed by atoms with Crippen LogP contribution in [0.2, 0.25) is 0 Å². The van der Waals surface area contributed by atoms with Gasteiger partial charge in [0.05, 0.1) is 11.9 Å². The van der Waals surface area contributed by atoms with Gasteiger partial charge in [0.2, 0.25) is 0 Å².